The van der Waals surface area contributed by atoms with Crippen LogP contribution in [0.1, 0.15) is 21.5 Å². The highest BCUT2D eigenvalue weighted by Crippen LogP contribution is 2.28. The second-order valence-electron chi connectivity index (χ2n) is 8.96. The van der Waals surface area contributed by atoms with Crippen molar-refractivity contribution in [2.75, 3.05) is 40.7 Å². The summed E-state index contributed by atoms with van der Waals surface area (Å²) in [6, 6.07) is 13.3. The Hall–Kier alpha value is -3.38. The molecule has 2 aromatic carbocycles. The number of fused-ring (bicyclic) bond motifs is 1. The van der Waals surface area contributed by atoms with Crippen LogP contribution in [-0.4, -0.2) is 60.6 Å². The quantitative estimate of drug-likeness (QED) is 0.312. The van der Waals surface area contributed by atoms with E-state index in [4.69, 9.17) is 4.98 Å². The summed E-state index contributed by atoms with van der Waals surface area (Å²) < 4.78 is 28.7. The Balaban J connectivity index is 0.00000187. The molecule has 0 radical (unpaired) electrons. The molecule has 0 aliphatic carbocycles. The van der Waals surface area contributed by atoms with Crippen molar-refractivity contribution >= 4 is 81.6 Å². The molecule has 2 N–H and O–H groups in total. The molecule has 0 atom stereocenters. The Morgan fingerprint density at radius 2 is 1.55 bits per heavy atom. The Kier molecular flexibility index (Phi) is 10.9. The van der Waals surface area contributed by atoms with Gasteiger partial charge in [-0.05, 0) is 61.4 Å². The number of aromatic nitrogens is 3. The Morgan fingerprint density at radius 1 is 0.900 bits per heavy atom. The number of pyridine rings is 1. The average Bonchev–Trinajstić information content (AvgIpc) is 2.89. The van der Waals surface area contributed by atoms with Gasteiger partial charge in [-0.2, -0.15) is 0 Å². The monoisotopic (exact) mass is 626 g/mol. The van der Waals surface area contributed by atoms with Crippen molar-refractivity contribution < 1.29 is 18.3 Å². The number of nitrogens with zero attached hydrogens (tertiary/aromatic N) is 5. The summed E-state index contributed by atoms with van der Waals surface area (Å²) in [5.74, 6) is 0.109. The largest absolute Gasteiger partial charge is 0.478 e. The fourth-order valence-electron chi connectivity index (χ4n) is 4.41. The van der Waals surface area contributed by atoms with Crippen LogP contribution in [0.15, 0.2) is 65.8 Å². The molecule has 2 aromatic heterocycles. The van der Waals surface area contributed by atoms with Crippen molar-refractivity contribution in [2.45, 2.75) is 18.7 Å². The van der Waals surface area contributed by atoms with Crippen LogP contribution in [0.25, 0.3) is 10.9 Å². The molecule has 0 saturated carbocycles. The second-order valence-corrected chi connectivity index (χ2v) is 10.6. The van der Waals surface area contributed by atoms with Gasteiger partial charge in [-0.25, -0.2) is 28.2 Å². The lowest BCUT2D eigenvalue weighted by atomic mass is 10.1. The van der Waals surface area contributed by atoms with Crippen LogP contribution >= 0.6 is 37.2 Å². The van der Waals surface area contributed by atoms with E-state index in [0.717, 1.165) is 5.56 Å². The van der Waals surface area contributed by atoms with Crippen LogP contribution < -0.4 is 14.5 Å². The van der Waals surface area contributed by atoms with Crippen molar-refractivity contribution in [3.05, 3.63) is 77.6 Å². The number of anilines is 3. The van der Waals surface area contributed by atoms with Gasteiger partial charge in [0.05, 0.1) is 16.0 Å². The molecule has 1 saturated heterocycles. The number of carbonyl (C=O) groups is 1. The molecule has 5 rings (SSSR count). The number of benzene rings is 2. The third kappa shape index (κ3) is 6.84. The number of carboxylic acids is 1. The maximum Gasteiger partial charge on any atom is 0.336 e. The Labute approximate surface area is 251 Å². The highest BCUT2D eigenvalue weighted by atomic mass is 35.5. The van der Waals surface area contributed by atoms with E-state index in [-0.39, 0.29) is 53.4 Å². The third-order valence-corrected chi connectivity index (χ3v) is 7.87. The highest BCUT2D eigenvalue weighted by Gasteiger charge is 2.23. The minimum atomic E-state index is -3.86. The van der Waals surface area contributed by atoms with Crippen LogP contribution in [0.3, 0.4) is 0 Å². The van der Waals surface area contributed by atoms with Gasteiger partial charge in [0.2, 0.25) is 5.95 Å². The number of carboxylic acid groups (broad SMARTS) is 1. The van der Waals surface area contributed by atoms with Crippen LogP contribution in [0.4, 0.5) is 17.5 Å². The second kappa shape index (κ2) is 13.3. The topological polar surface area (TPSA) is 129 Å². The predicted molar refractivity (Wildman–Crippen MR) is 164 cm³/mol. The van der Waals surface area contributed by atoms with Gasteiger partial charge in [-0.1, -0.05) is 12.1 Å². The van der Waals surface area contributed by atoms with Gasteiger partial charge in [0.25, 0.3) is 10.0 Å². The molecule has 1 fully saturated rings. The summed E-state index contributed by atoms with van der Waals surface area (Å²) in [4.78, 5) is 29.7. The van der Waals surface area contributed by atoms with Crippen molar-refractivity contribution in [3.8, 4) is 0 Å². The summed E-state index contributed by atoms with van der Waals surface area (Å²) in [5.41, 5.74) is 2.24. The molecule has 4 aromatic rings. The zero-order valence-corrected chi connectivity index (χ0v) is 24.9. The van der Waals surface area contributed by atoms with Crippen molar-refractivity contribution in [1.29, 1.82) is 0 Å². The smallest absolute Gasteiger partial charge is 0.336 e. The molecule has 0 bridgehead atoms. The minimum absolute atomic E-state index is 0. The Morgan fingerprint density at radius 3 is 2.20 bits per heavy atom. The lowest BCUT2D eigenvalue weighted by Crippen LogP contribution is -2.47. The van der Waals surface area contributed by atoms with Gasteiger partial charge in [0, 0.05) is 49.6 Å². The van der Waals surface area contributed by atoms with Crippen LogP contribution in [0.2, 0.25) is 0 Å². The standard InChI is InChI=1S/C26H26N6O4S.3ClH/c1-17-4-5-18(2)23(14-17)37(35,36)30-19-6-7-22-20(15-19)21(25(33)34)16-24(29-22)31-10-12-32(13-11-31)26-27-8-3-9-28-26;;;/h3-9,14-16,30H,10-13H2,1-2H3,(H,33,34);3*1H. The number of hydrogen-bond donors (Lipinski definition) is 2. The summed E-state index contributed by atoms with van der Waals surface area (Å²) in [6.07, 6.45) is 3.41. The maximum absolute atomic E-state index is 13.1. The third-order valence-electron chi connectivity index (χ3n) is 6.35. The number of aromatic carboxylic acids is 1. The van der Waals surface area contributed by atoms with Crippen LogP contribution in [-0.2, 0) is 10.0 Å². The first-order chi connectivity index (χ1) is 17.7. The van der Waals surface area contributed by atoms with Gasteiger partial charge in [0.15, 0.2) is 0 Å². The summed E-state index contributed by atoms with van der Waals surface area (Å²) in [7, 11) is -3.86. The molecular formula is C26H29Cl3N6O4S. The van der Waals surface area contributed by atoms with Crippen molar-refractivity contribution in [3.63, 3.8) is 0 Å². The van der Waals surface area contributed by atoms with Crippen LogP contribution in [0.5, 0.6) is 0 Å². The molecule has 1 aliphatic rings. The lowest BCUT2D eigenvalue weighted by Gasteiger charge is -2.35. The number of rotatable bonds is 6. The molecule has 1 aliphatic heterocycles. The highest BCUT2D eigenvalue weighted by molar-refractivity contribution is 7.92. The van der Waals surface area contributed by atoms with E-state index in [1.807, 2.05) is 17.9 Å². The maximum atomic E-state index is 13.1. The molecule has 0 amide bonds. The zero-order valence-electron chi connectivity index (χ0n) is 21.6. The van der Waals surface area contributed by atoms with Gasteiger partial charge in [-0.3, -0.25) is 4.72 Å². The first-order valence-corrected chi connectivity index (χ1v) is 13.2. The first-order valence-electron chi connectivity index (χ1n) is 11.8. The number of hydrogen-bond acceptors (Lipinski definition) is 8. The Bertz CT molecular complexity index is 1600. The fourth-order valence-corrected chi connectivity index (χ4v) is 5.79. The number of sulfonamides is 1. The van der Waals surface area contributed by atoms with Gasteiger partial charge in [-0.15, -0.1) is 37.2 Å². The van der Waals surface area contributed by atoms with E-state index in [1.165, 1.54) is 6.07 Å². The fraction of sp³-hybridized carbons (Fsp3) is 0.231. The van der Waals surface area contributed by atoms with E-state index >= 15 is 0 Å². The first kappa shape index (κ1) is 32.8. The molecule has 0 unspecified atom stereocenters. The van der Waals surface area contributed by atoms with E-state index in [1.54, 1.807) is 55.7 Å². The van der Waals surface area contributed by atoms with E-state index < -0.39 is 16.0 Å². The summed E-state index contributed by atoms with van der Waals surface area (Å²) in [6.45, 7) is 6.16. The number of nitrogens with one attached hydrogen (secondary N) is 1. The van der Waals surface area contributed by atoms with Gasteiger partial charge in [0.1, 0.15) is 5.82 Å². The van der Waals surface area contributed by atoms with Gasteiger partial charge >= 0.3 is 5.97 Å². The molecule has 14 heteroatoms. The molecule has 3 heterocycles. The zero-order chi connectivity index (χ0) is 26.2. The van der Waals surface area contributed by atoms with Crippen molar-refractivity contribution in [2.24, 2.45) is 0 Å². The van der Waals surface area contributed by atoms with E-state index in [0.29, 0.717) is 54.4 Å². The van der Waals surface area contributed by atoms with E-state index in [2.05, 4.69) is 19.6 Å². The molecule has 40 heavy (non-hydrogen) atoms. The number of halogens is 3. The lowest BCUT2D eigenvalue weighted by molar-refractivity contribution is 0.0699. The normalized spacial score (nSPS) is 13.1. The van der Waals surface area contributed by atoms with Crippen LogP contribution in [0, 0.1) is 13.8 Å². The number of piperazine rings is 1. The molecule has 10 nitrogen and oxygen atoms in total. The molecule has 0 spiro atoms. The van der Waals surface area contributed by atoms with Crippen molar-refractivity contribution in [1.82, 2.24) is 15.0 Å². The molecule has 214 valence electrons. The SMILES string of the molecule is Cc1ccc(C)c(S(=O)(=O)Nc2ccc3nc(N4CCN(c5ncccn5)CC4)cc(C(=O)O)c3c2)c1.Cl.Cl.Cl. The van der Waals surface area contributed by atoms with Gasteiger partial charge < -0.3 is 14.9 Å². The number of aryl methyl sites for hydroxylation is 2. The molecular weight excluding hydrogens is 599 g/mol. The minimum Gasteiger partial charge on any atom is -0.478 e. The average molecular weight is 628 g/mol. The summed E-state index contributed by atoms with van der Waals surface area (Å²) in [5, 5.41) is 10.3. The predicted octanol–water partition coefficient (Wildman–Crippen LogP) is 4.73. The summed E-state index contributed by atoms with van der Waals surface area (Å²) >= 11 is 0. The van der Waals surface area contributed by atoms with E-state index in [9.17, 15) is 18.3 Å².